The molecule has 2 N–H and O–H groups in total. The smallest absolute Gasteiger partial charge is 0.255 e. The van der Waals surface area contributed by atoms with Gasteiger partial charge in [0.1, 0.15) is 29.0 Å². The summed E-state index contributed by atoms with van der Waals surface area (Å²) in [7, 11) is 0. The fourth-order valence-electron chi connectivity index (χ4n) is 9.04. The van der Waals surface area contributed by atoms with Crippen molar-refractivity contribution >= 4 is 17.5 Å². The molecule has 0 radical (unpaired) electrons. The van der Waals surface area contributed by atoms with Crippen molar-refractivity contribution in [3.05, 3.63) is 136 Å². The molecule has 1 unspecified atom stereocenters. The van der Waals surface area contributed by atoms with E-state index in [0.717, 1.165) is 50.5 Å². The first-order valence-corrected chi connectivity index (χ1v) is 19.6. The lowest BCUT2D eigenvalue weighted by atomic mass is 9.69. The topological polar surface area (TPSA) is 85.4 Å². The van der Waals surface area contributed by atoms with Crippen LogP contribution in [0.4, 0.5) is 14.5 Å². The molecular formula is C45H48F2N4O4. The maximum atomic E-state index is 15.9. The van der Waals surface area contributed by atoms with E-state index in [1.165, 1.54) is 27.2 Å². The number of aromatic hydroxyl groups is 1. The maximum Gasteiger partial charge on any atom is 0.255 e. The van der Waals surface area contributed by atoms with Crippen LogP contribution in [0, 0.1) is 11.6 Å². The van der Waals surface area contributed by atoms with Crippen molar-refractivity contribution < 1.29 is 28.2 Å². The zero-order chi connectivity index (χ0) is 38.1. The number of allylic oxidation sites excluding steroid dienone is 1. The highest BCUT2D eigenvalue weighted by Gasteiger charge is 2.41. The van der Waals surface area contributed by atoms with Gasteiger partial charge >= 0.3 is 0 Å². The SMILES string of the molecule is C=C1CCC(N2Cc3c(cc(F)c(N4CCN(CCCCCOc5ccc([C@@H]6c7ccc(O)cc7CC[C@@H]6c6ccccc6)cc5)CC4)c3F)C2=O)C(=O)N1. The first-order valence-electron chi connectivity index (χ1n) is 19.6. The number of piperidine rings is 1. The number of phenols is 1. The first-order chi connectivity index (χ1) is 26.7. The van der Waals surface area contributed by atoms with Crippen LogP contribution in [0.25, 0.3) is 0 Å². The molecule has 4 aliphatic rings. The van der Waals surface area contributed by atoms with Gasteiger partial charge in [0.15, 0.2) is 5.82 Å². The Labute approximate surface area is 321 Å². The van der Waals surface area contributed by atoms with Crippen LogP contribution < -0.4 is 15.0 Å². The molecule has 3 atom stereocenters. The summed E-state index contributed by atoms with van der Waals surface area (Å²) >= 11 is 0. The van der Waals surface area contributed by atoms with Gasteiger partial charge in [-0.1, -0.05) is 55.1 Å². The van der Waals surface area contributed by atoms with Crippen LogP contribution in [0.15, 0.2) is 91.1 Å². The Bertz CT molecular complexity index is 2070. The molecule has 0 bridgehead atoms. The van der Waals surface area contributed by atoms with Gasteiger partial charge in [-0.2, -0.15) is 0 Å². The molecule has 2 saturated heterocycles. The number of hydrogen-bond acceptors (Lipinski definition) is 6. The maximum absolute atomic E-state index is 15.9. The number of benzene rings is 4. The second kappa shape index (κ2) is 15.9. The Morgan fingerprint density at radius 1 is 0.855 bits per heavy atom. The lowest BCUT2D eigenvalue weighted by Crippen LogP contribution is -2.49. The summed E-state index contributed by atoms with van der Waals surface area (Å²) < 4.78 is 37.4. The van der Waals surface area contributed by atoms with E-state index < -0.39 is 23.6 Å². The minimum Gasteiger partial charge on any atom is -0.508 e. The van der Waals surface area contributed by atoms with Crippen LogP contribution in [0.5, 0.6) is 11.5 Å². The van der Waals surface area contributed by atoms with Gasteiger partial charge in [0.2, 0.25) is 5.91 Å². The van der Waals surface area contributed by atoms with Crippen LogP contribution >= 0.6 is 0 Å². The number of carbonyl (C=O) groups is 2. The fourth-order valence-corrected chi connectivity index (χ4v) is 9.04. The van der Waals surface area contributed by atoms with Gasteiger partial charge in [0.05, 0.1) is 18.7 Å². The summed E-state index contributed by atoms with van der Waals surface area (Å²) in [4.78, 5) is 31.1. The second-order valence-corrected chi connectivity index (χ2v) is 15.4. The van der Waals surface area contributed by atoms with E-state index in [1.807, 2.05) is 6.07 Å². The zero-order valence-corrected chi connectivity index (χ0v) is 31.1. The lowest BCUT2D eigenvalue weighted by Gasteiger charge is -2.36. The Morgan fingerprint density at radius 2 is 1.64 bits per heavy atom. The molecule has 2 fully saturated rings. The number of halogens is 2. The van der Waals surface area contributed by atoms with Gasteiger partial charge in [-0.05, 0) is 110 Å². The van der Waals surface area contributed by atoms with Crippen molar-refractivity contribution in [2.75, 3.05) is 44.2 Å². The number of aryl methyl sites for hydroxylation is 1. The number of nitrogens with zero attached hydrogens (tertiary/aromatic N) is 3. The summed E-state index contributed by atoms with van der Waals surface area (Å²) in [6.45, 7) is 7.60. The number of fused-ring (bicyclic) bond motifs is 2. The monoisotopic (exact) mass is 746 g/mol. The van der Waals surface area contributed by atoms with Crippen LogP contribution in [0.3, 0.4) is 0 Å². The molecular weight excluding hydrogens is 699 g/mol. The van der Waals surface area contributed by atoms with E-state index in [2.05, 4.69) is 77.5 Å². The van der Waals surface area contributed by atoms with Crippen molar-refractivity contribution in [3.8, 4) is 11.5 Å². The molecule has 3 aliphatic heterocycles. The number of hydrogen-bond donors (Lipinski definition) is 2. The molecule has 1 aliphatic carbocycles. The molecule has 0 saturated carbocycles. The number of ether oxygens (including phenoxy) is 1. The van der Waals surface area contributed by atoms with Crippen LogP contribution in [-0.2, 0) is 17.8 Å². The summed E-state index contributed by atoms with van der Waals surface area (Å²) in [5.74, 6) is -0.573. The molecule has 10 heteroatoms. The van der Waals surface area contributed by atoms with Gasteiger partial charge in [-0.25, -0.2) is 8.78 Å². The van der Waals surface area contributed by atoms with E-state index >= 15 is 8.78 Å². The average Bonchev–Trinajstić information content (AvgIpc) is 3.52. The molecule has 2 amide bonds. The Balaban J connectivity index is 0.796. The standard InChI is InChI=1S/C45H48F2N4O4/c1-29-10-19-40(44(53)48-29)51-28-38-37(45(51)54)27-39(46)43(42(38)47)50-23-21-49(22-24-50)20-6-3-7-25-55-34-15-11-31(12-16-34)41-35(30-8-4-2-5-9-30)17-13-32-26-33(52)14-18-36(32)41/h2,4-5,8-9,11-12,14-16,18,26-27,35,40-41,52H,1,3,6-7,10,13,17,19-25,28H2,(H,48,53)/t35-,40?,41+/m1/s1. The van der Waals surface area contributed by atoms with Gasteiger partial charge in [-0.15, -0.1) is 0 Å². The number of nitrogens with one attached hydrogen (secondary N) is 1. The van der Waals surface area contributed by atoms with Gasteiger partial charge in [-0.3, -0.25) is 14.5 Å². The average molecular weight is 747 g/mol. The van der Waals surface area contributed by atoms with Crippen LogP contribution in [0.2, 0.25) is 0 Å². The minimum atomic E-state index is -0.743. The number of rotatable bonds is 11. The molecule has 0 spiro atoms. The third kappa shape index (κ3) is 7.57. The predicted octanol–water partition coefficient (Wildman–Crippen LogP) is 7.65. The third-order valence-electron chi connectivity index (χ3n) is 11.9. The van der Waals surface area contributed by atoms with Crippen molar-refractivity contribution in [1.82, 2.24) is 15.1 Å². The third-order valence-corrected chi connectivity index (χ3v) is 11.9. The summed E-state index contributed by atoms with van der Waals surface area (Å²) in [5, 5.41) is 12.8. The van der Waals surface area contributed by atoms with Crippen molar-refractivity contribution in [2.24, 2.45) is 0 Å². The van der Waals surface area contributed by atoms with Crippen LogP contribution in [0.1, 0.15) is 88.5 Å². The van der Waals surface area contributed by atoms with Crippen molar-refractivity contribution in [2.45, 2.75) is 69.4 Å². The highest BCUT2D eigenvalue weighted by Crippen LogP contribution is 2.47. The zero-order valence-electron chi connectivity index (χ0n) is 31.1. The van der Waals surface area contributed by atoms with Crippen molar-refractivity contribution in [3.63, 3.8) is 0 Å². The van der Waals surface area contributed by atoms with E-state index in [-0.39, 0.29) is 35.2 Å². The van der Waals surface area contributed by atoms with E-state index in [1.54, 1.807) is 11.0 Å². The Kier molecular flexibility index (Phi) is 10.6. The van der Waals surface area contributed by atoms with E-state index in [9.17, 15) is 14.7 Å². The normalized spacial score (nSPS) is 21.3. The summed E-state index contributed by atoms with van der Waals surface area (Å²) in [6, 6.07) is 25.4. The molecule has 8 rings (SSSR count). The second-order valence-electron chi connectivity index (χ2n) is 15.4. The van der Waals surface area contributed by atoms with E-state index in [0.29, 0.717) is 63.0 Å². The molecule has 4 aromatic carbocycles. The number of phenolic OH excluding ortho intramolecular Hbond substituents is 1. The lowest BCUT2D eigenvalue weighted by molar-refractivity contribution is -0.126. The molecule has 8 nitrogen and oxygen atoms in total. The van der Waals surface area contributed by atoms with Gasteiger partial charge in [0, 0.05) is 43.4 Å². The Morgan fingerprint density at radius 3 is 2.40 bits per heavy atom. The molecule has 4 aromatic rings. The number of piperazine rings is 1. The van der Waals surface area contributed by atoms with Gasteiger partial charge in [0.25, 0.3) is 5.91 Å². The number of unbranched alkanes of at least 4 members (excludes halogenated alkanes) is 2. The predicted molar refractivity (Wildman–Crippen MR) is 208 cm³/mol. The molecule has 286 valence electrons. The molecule has 3 heterocycles. The highest BCUT2D eigenvalue weighted by atomic mass is 19.1. The Hall–Kier alpha value is -5.22. The fraction of sp³-hybridized carbons (Fsp3) is 0.378. The van der Waals surface area contributed by atoms with Crippen molar-refractivity contribution in [1.29, 1.82) is 0 Å². The summed E-state index contributed by atoms with van der Waals surface area (Å²) in [5.41, 5.74) is 5.74. The van der Waals surface area contributed by atoms with Gasteiger partial charge < -0.3 is 25.0 Å². The minimum absolute atomic E-state index is 0.000663. The largest absolute Gasteiger partial charge is 0.508 e. The molecule has 0 aromatic heterocycles. The number of carbonyl (C=O) groups excluding carboxylic acids is 2. The first kappa shape index (κ1) is 36.7. The number of amides is 2. The van der Waals surface area contributed by atoms with Crippen LogP contribution in [-0.4, -0.2) is 72.1 Å². The number of anilines is 1. The molecule has 55 heavy (non-hydrogen) atoms. The van der Waals surface area contributed by atoms with E-state index in [4.69, 9.17) is 4.74 Å². The summed E-state index contributed by atoms with van der Waals surface area (Å²) in [6.07, 6.45) is 5.84. The quantitative estimate of drug-likeness (QED) is 0.154. The highest BCUT2D eigenvalue weighted by molar-refractivity contribution is 6.02.